The van der Waals surface area contributed by atoms with Crippen LogP contribution in [0.1, 0.15) is 65.7 Å². The first-order valence-corrected chi connectivity index (χ1v) is 7.75. The average molecular weight is 271 g/mol. The Balaban J connectivity index is 2.66. The molecule has 0 radical (unpaired) electrons. The third kappa shape index (κ3) is 4.77. The van der Waals surface area contributed by atoms with Gasteiger partial charge in [-0.05, 0) is 39.5 Å². The molecule has 1 fully saturated rings. The molecule has 1 unspecified atom stereocenters. The summed E-state index contributed by atoms with van der Waals surface area (Å²) in [6, 6.07) is 0. The molecule has 1 N–H and O–H groups in total. The molecule has 0 heterocycles. The second-order valence-electron chi connectivity index (χ2n) is 5.24. The highest BCUT2D eigenvalue weighted by atomic mass is 16.5. The maximum absolute atomic E-state index is 12.2. The Morgan fingerprint density at radius 3 is 2.42 bits per heavy atom. The van der Waals surface area contributed by atoms with Gasteiger partial charge in [-0.1, -0.05) is 26.2 Å². The van der Waals surface area contributed by atoms with Crippen LogP contribution in [-0.4, -0.2) is 30.9 Å². The second kappa shape index (κ2) is 8.54. The lowest BCUT2D eigenvalue weighted by atomic mass is 9.97. The Labute approximate surface area is 117 Å². The van der Waals surface area contributed by atoms with Gasteiger partial charge in [0.15, 0.2) is 0 Å². The number of nitrogens with one attached hydrogen (secondary N) is 1. The highest BCUT2D eigenvalue weighted by Gasteiger charge is 2.43. The molecule has 1 saturated carbocycles. The maximum Gasteiger partial charge on any atom is 0.326 e. The number of ether oxygens (including phenoxy) is 2. The van der Waals surface area contributed by atoms with Crippen LogP contribution in [0.2, 0.25) is 0 Å². The lowest BCUT2D eigenvalue weighted by molar-refractivity contribution is -0.153. The van der Waals surface area contributed by atoms with Crippen molar-refractivity contribution in [2.45, 2.75) is 77.5 Å². The van der Waals surface area contributed by atoms with E-state index in [-0.39, 0.29) is 12.2 Å². The fraction of sp³-hybridized carbons (Fsp3) is 0.933. The smallest absolute Gasteiger partial charge is 0.326 e. The standard InChI is InChI=1S/C15H29NO3/c1-4-7-10-13(18-5-2)16-15(11-8-9-12-15)14(17)19-6-3/h13,16H,4-12H2,1-3H3. The summed E-state index contributed by atoms with van der Waals surface area (Å²) in [7, 11) is 0. The molecular weight excluding hydrogens is 242 g/mol. The van der Waals surface area contributed by atoms with Gasteiger partial charge in [-0.3, -0.25) is 10.1 Å². The molecule has 19 heavy (non-hydrogen) atoms. The van der Waals surface area contributed by atoms with E-state index in [4.69, 9.17) is 9.47 Å². The number of rotatable bonds is 9. The summed E-state index contributed by atoms with van der Waals surface area (Å²) < 4.78 is 11.0. The van der Waals surface area contributed by atoms with E-state index < -0.39 is 5.54 Å². The van der Waals surface area contributed by atoms with E-state index in [0.717, 1.165) is 44.9 Å². The van der Waals surface area contributed by atoms with E-state index >= 15 is 0 Å². The third-order valence-corrected chi connectivity index (χ3v) is 3.75. The number of carbonyl (C=O) groups excluding carboxylic acids is 1. The molecule has 0 amide bonds. The molecule has 4 heteroatoms. The van der Waals surface area contributed by atoms with E-state index in [1.165, 1.54) is 0 Å². The lowest BCUT2D eigenvalue weighted by Crippen LogP contribution is -2.55. The molecule has 0 aromatic heterocycles. The van der Waals surface area contributed by atoms with E-state index in [2.05, 4.69) is 12.2 Å². The fourth-order valence-corrected chi connectivity index (χ4v) is 2.75. The van der Waals surface area contributed by atoms with Gasteiger partial charge in [-0.2, -0.15) is 0 Å². The Kier molecular flexibility index (Phi) is 7.39. The van der Waals surface area contributed by atoms with Gasteiger partial charge in [0.1, 0.15) is 11.8 Å². The Bertz CT molecular complexity index is 262. The van der Waals surface area contributed by atoms with Crippen LogP contribution in [0.4, 0.5) is 0 Å². The van der Waals surface area contributed by atoms with Gasteiger partial charge >= 0.3 is 5.97 Å². The monoisotopic (exact) mass is 271 g/mol. The van der Waals surface area contributed by atoms with Crippen LogP contribution < -0.4 is 5.32 Å². The summed E-state index contributed by atoms with van der Waals surface area (Å²) in [5.41, 5.74) is -0.510. The summed E-state index contributed by atoms with van der Waals surface area (Å²) in [6.45, 7) is 7.13. The quantitative estimate of drug-likeness (QED) is 0.517. The highest BCUT2D eigenvalue weighted by Crippen LogP contribution is 2.32. The van der Waals surface area contributed by atoms with E-state index in [0.29, 0.717) is 13.2 Å². The molecular formula is C15H29NO3. The molecule has 1 aliphatic rings. The van der Waals surface area contributed by atoms with Crippen LogP contribution in [0.3, 0.4) is 0 Å². The van der Waals surface area contributed by atoms with Gasteiger partial charge in [0.05, 0.1) is 6.61 Å². The van der Waals surface area contributed by atoms with Crippen molar-refractivity contribution in [1.82, 2.24) is 5.32 Å². The molecule has 0 spiro atoms. The average Bonchev–Trinajstić information content (AvgIpc) is 2.86. The van der Waals surface area contributed by atoms with E-state index in [9.17, 15) is 4.79 Å². The summed E-state index contributed by atoms with van der Waals surface area (Å²) in [6.07, 6.45) is 7.05. The van der Waals surface area contributed by atoms with E-state index in [1.54, 1.807) is 0 Å². The summed E-state index contributed by atoms with van der Waals surface area (Å²) in [4.78, 5) is 12.2. The van der Waals surface area contributed by atoms with Gasteiger partial charge in [0.25, 0.3) is 0 Å². The molecule has 0 aliphatic heterocycles. The van der Waals surface area contributed by atoms with Crippen molar-refractivity contribution in [3.63, 3.8) is 0 Å². The molecule has 0 saturated heterocycles. The molecule has 0 bridgehead atoms. The summed E-state index contributed by atoms with van der Waals surface area (Å²) in [5, 5.41) is 3.45. The maximum atomic E-state index is 12.2. The van der Waals surface area contributed by atoms with Gasteiger partial charge in [0.2, 0.25) is 0 Å². The van der Waals surface area contributed by atoms with Gasteiger partial charge in [0, 0.05) is 6.61 Å². The molecule has 4 nitrogen and oxygen atoms in total. The minimum absolute atomic E-state index is 0.0348. The molecule has 1 aliphatic carbocycles. The van der Waals surface area contributed by atoms with Crippen molar-refractivity contribution in [3.8, 4) is 0 Å². The number of unbranched alkanes of at least 4 members (excludes halogenated alkanes) is 1. The van der Waals surface area contributed by atoms with Gasteiger partial charge in [-0.15, -0.1) is 0 Å². The Morgan fingerprint density at radius 1 is 1.21 bits per heavy atom. The lowest BCUT2D eigenvalue weighted by Gasteiger charge is -2.32. The summed E-state index contributed by atoms with van der Waals surface area (Å²) >= 11 is 0. The highest BCUT2D eigenvalue weighted by molar-refractivity contribution is 5.81. The minimum atomic E-state index is -0.510. The van der Waals surface area contributed by atoms with Crippen molar-refractivity contribution >= 4 is 5.97 Å². The van der Waals surface area contributed by atoms with Crippen LogP contribution in [0.15, 0.2) is 0 Å². The summed E-state index contributed by atoms with van der Waals surface area (Å²) in [5.74, 6) is -0.103. The van der Waals surface area contributed by atoms with Crippen molar-refractivity contribution in [3.05, 3.63) is 0 Å². The molecule has 1 atom stereocenters. The first-order valence-electron chi connectivity index (χ1n) is 7.75. The zero-order chi connectivity index (χ0) is 14.1. The van der Waals surface area contributed by atoms with Crippen molar-refractivity contribution < 1.29 is 14.3 Å². The SMILES string of the molecule is CCCCC(NC1(C(=O)OCC)CCCC1)OCC. The first-order chi connectivity index (χ1) is 9.18. The molecule has 0 aromatic carbocycles. The number of hydrogen-bond acceptors (Lipinski definition) is 4. The van der Waals surface area contributed by atoms with Crippen molar-refractivity contribution in [1.29, 1.82) is 0 Å². The van der Waals surface area contributed by atoms with Crippen molar-refractivity contribution in [2.24, 2.45) is 0 Å². The van der Waals surface area contributed by atoms with Crippen LogP contribution in [0, 0.1) is 0 Å². The van der Waals surface area contributed by atoms with Gasteiger partial charge in [-0.25, -0.2) is 0 Å². The number of carbonyl (C=O) groups is 1. The van der Waals surface area contributed by atoms with E-state index in [1.807, 2.05) is 13.8 Å². The second-order valence-corrected chi connectivity index (χ2v) is 5.24. The minimum Gasteiger partial charge on any atom is -0.465 e. The van der Waals surface area contributed by atoms with Crippen LogP contribution in [-0.2, 0) is 14.3 Å². The predicted molar refractivity (Wildman–Crippen MR) is 75.9 cm³/mol. The van der Waals surface area contributed by atoms with Crippen LogP contribution >= 0.6 is 0 Å². The van der Waals surface area contributed by atoms with Gasteiger partial charge < -0.3 is 9.47 Å². The van der Waals surface area contributed by atoms with Crippen LogP contribution in [0.5, 0.6) is 0 Å². The fourth-order valence-electron chi connectivity index (χ4n) is 2.75. The number of esters is 1. The Hall–Kier alpha value is -0.610. The van der Waals surface area contributed by atoms with Crippen molar-refractivity contribution in [2.75, 3.05) is 13.2 Å². The zero-order valence-electron chi connectivity index (χ0n) is 12.7. The first kappa shape index (κ1) is 16.4. The predicted octanol–water partition coefficient (Wildman–Crippen LogP) is 3.00. The third-order valence-electron chi connectivity index (χ3n) is 3.75. The molecule has 112 valence electrons. The topological polar surface area (TPSA) is 47.6 Å². The molecule has 0 aromatic rings. The Morgan fingerprint density at radius 2 is 1.89 bits per heavy atom. The normalized spacial score (nSPS) is 19.3. The molecule has 1 rings (SSSR count). The zero-order valence-corrected chi connectivity index (χ0v) is 12.7. The number of hydrogen-bond donors (Lipinski definition) is 1. The van der Waals surface area contributed by atoms with Crippen LogP contribution in [0.25, 0.3) is 0 Å². The largest absolute Gasteiger partial charge is 0.465 e.